The molecule has 0 aromatic carbocycles. The van der Waals surface area contributed by atoms with Gasteiger partial charge in [0.2, 0.25) is 0 Å². The first-order valence-electron chi connectivity index (χ1n) is 3.00. The summed E-state index contributed by atoms with van der Waals surface area (Å²) >= 11 is 0. The lowest BCUT2D eigenvalue weighted by atomic mass is 11.0. The number of hydrogen-bond donors (Lipinski definition) is 0. The van der Waals surface area contributed by atoms with Crippen molar-refractivity contribution in [1.29, 1.82) is 0 Å². The maximum absolute atomic E-state index is 2.00. The van der Waals surface area contributed by atoms with Crippen LogP contribution in [0.3, 0.4) is 0 Å². The predicted molar refractivity (Wildman–Crippen MR) is 74.4 cm³/mol. The smallest absolute Gasteiger partial charge is 0.0683 e. The third kappa shape index (κ3) is 0. The van der Waals surface area contributed by atoms with E-state index in [9.17, 15) is 0 Å². The van der Waals surface area contributed by atoms with Crippen LogP contribution in [0.5, 0.6) is 0 Å². The third-order valence-electron chi connectivity index (χ3n) is 0. The van der Waals surface area contributed by atoms with Crippen molar-refractivity contribution in [3.8, 4) is 0 Å². The van der Waals surface area contributed by atoms with Crippen LogP contribution in [0.25, 0.3) is 0 Å². The monoisotopic (exact) mass is 186 g/mol. The Bertz CT molecular complexity index is 0. The maximum Gasteiger partial charge on any atom is -0.0683 e. The molecule has 0 aromatic heterocycles. The van der Waals surface area contributed by atoms with Gasteiger partial charge in [0, 0.05) is 0 Å². The van der Waals surface area contributed by atoms with E-state index in [1.807, 2.05) is 41.5 Å². The molecule has 0 N–H and O–H groups in total. The summed E-state index contributed by atoms with van der Waals surface area (Å²) in [5, 5.41) is 0. The van der Waals surface area contributed by atoms with Crippen molar-refractivity contribution < 1.29 is 0 Å². The average Bonchev–Trinajstić information content (AvgIpc) is 1.81. The fourth-order valence-corrected chi connectivity index (χ4v) is 0. The Balaban J connectivity index is -0.00000000129. The van der Waals surface area contributed by atoms with Gasteiger partial charge < -0.3 is 0 Å². The Morgan fingerprint density at radius 1 is 0.250 bits per heavy atom. The fraction of sp³-hybridized carbons (Fsp3) is 1.00. The molecule has 0 saturated carbocycles. The van der Waals surface area contributed by atoms with Crippen LogP contribution in [-0.4, -0.2) is 0 Å². The summed E-state index contributed by atoms with van der Waals surface area (Å²) in [5.41, 5.74) is 0. The van der Waals surface area contributed by atoms with E-state index in [2.05, 4.69) is 0 Å². The second-order valence-corrected chi connectivity index (χ2v) is 0. The van der Waals surface area contributed by atoms with Crippen molar-refractivity contribution in [3.05, 3.63) is 0 Å². The van der Waals surface area contributed by atoms with Crippen molar-refractivity contribution in [3.63, 3.8) is 0 Å². The predicted octanol–water partition coefficient (Wildman–Crippen LogP) is 6.90. The first-order valence-corrected chi connectivity index (χ1v) is 3.00. The second-order valence-electron chi connectivity index (χ2n) is 0. The van der Waals surface area contributed by atoms with Crippen LogP contribution in [0.2, 0.25) is 0 Å². The molecule has 0 spiro atoms. The van der Waals surface area contributed by atoms with Gasteiger partial charge in [0.25, 0.3) is 0 Å². The summed E-state index contributed by atoms with van der Waals surface area (Å²) in [6.45, 7) is 12.0. The van der Waals surface area contributed by atoms with Gasteiger partial charge in [0.05, 0.1) is 0 Å². The highest BCUT2D eigenvalue weighted by Crippen LogP contribution is 1.15. The minimum Gasteiger partial charge on any atom is -0.0776 e. The Hall–Kier alpha value is 0. The first-order chi connectivity index (χ1) is 3.00. The molecule has 0 aliphatic rings. The van der Waals surface area contributed by atoms with Gasteiger partial charge in [-0.1, -0.05) is 86.1 Å². The standard InChI is InChI=1S/3C2H6.6CH4/c3*1-2;;;;;;/h3*1-2H3;6*1H4. The van der Waals surface area contributed by atoms with Crippen molar-refractivity contribution in [2.24, 2.45) is 0 Å². The van der Waals surface area contributed by atoms with Crippen molar-refractivity contribution in [1.82, 2.24) is 0 Å². The van der Waals surface area contributed by atoms with Crippen LogP contribution in [-0.2, 0) is 0 Å². The Morgan fingerprint density at radius 3 is 0.250 bits per heavy atom. The molecular formula is C12H42. The van der Waals surface area contributed by atoms with E-state index in [0.717, 1.165) is 0 Å². The van der Waals surface area contributed by atoms with Gasteiger partial charge in [-0.3, -0.25) is 0 Å². The molecule has 0 heteroatoms. The number of rotatable bonds is 0. The Kier molecular flexibility index (Phi) is 0. The SMILES string of the molecule is C.C.C.C.C.C.CC.CC.CC. The molecule has 0 fully saturated rings. The molecule has 0 nitrogen and oxygen atoms in total. The van der Waals surface area contributed by atoms with E-state index in [4.69, 9.17) is 0 Å². The van der Waals surface area contributed by atoms with Crippen molar-refractivity contribution >= 4 is 0 Å². The third-order valence-corrected chi connectivity index (χ3v) is 0. The van der Waals surface area contributed by atoms with Crippen molar-refractivity contribution in [2.45, 2.75) is 86.1 Å². The summed E-state index contributed by atoms with van der Waals surface area (Å²) in [6, 6.07) is 0. The molecule has 0 heterocycles. The minimum absolute atomic E-state index is 0. The van der Waals surface area contributed by atoms with Gasteiger partial charge in [0.15, 0.2) is 0 Å². The topological polar surface area (TPSA) is 0 Å². The Morgan fingerprint density at radius 2 is 0.250 bits per heavy atom. The fourth-order valence-electron chi connectivity index (χ4n) is 0. The molecule has 12 heavy (non-hydrogen) atoms. The molecule has 0 aliphatic heterocycles. The maximum atomic E-state index is 2.00. The highest BCUT2D eigenvalue weighted by atomic mass is 13.0. The summed E-state index contributed by atoms with van der Waals surface area (Å²) in [5.74, 6) is 0. The molecule has 0 rings (SSSR count). The lowest BCUT2D eigenvalue weighted by molar-refractivity contribution is 1.50. The highest BCUT2D eigenvalue weighted by Gasteiger charge is 0.936. The molecule has 90 valence electrons. The summed E-state index contributed by atoms with van der Waals surface area (Å²) in [4.78, 5) is 0. The summed E-state index contributed by atoms with van der Waals surface area (Å²) in [6.07, 6.45) is 0. The van der Waals surface area contributed by atoms with E-state index in [1.165, 1.54) is 0 Å². The van der Waals surface area contributed by atoms with E-state index in [1.54, 1.807) is 0 Å². The first kappa shape index (κ1) is 161. The normalized spacial score (nSPS) is 1.50. The van der Waals surface area contributed by atoms with E-state index in [0.29, 0.717) is 0 Å². The summed E-state index contributed by atoms with van der Waals surface area (Å²) in [7, 11) is 0. The van der Waals surface area contributed by atoms with Crippen LogP contribution in [0.4, 0.5) is 0 Å². The molecule has 0 atom stereocenters. The zero-order valence-corrected chi connectivity index (χ0v) is 6.00. The molecule has 0 aromatic rings. The number of hydrogen-bond acceptors (Lipinski definition) is 0. The van der Waals surface area contributed by atoms with Gasteiger partial charge in [-0.15, -0.1) is 0 Å². The second kappa shape index (κ2) is 0. The molecule has 0 unspecified atom stereocenters. The molecule has 0 bridgehead atoms. The van der Waals surface area contributed by atoms with Gasteiger partial charge in [-0.25, -0.2) is 0 Å². The van der Waals surface area contributed by atoms with Gasteiger partial charge in [0.1, 0.15) is 0 Å². The van der Waals surface area contributed by atoms with Gasteiger partial charge >= 0.3 is 0 Å². The average molecular weight is 186 g/mol. The van der Waals surface area contributed by atoms with Crippen LogP contribution in [0.1, 0.15) is 86.1 Å². The molecule has 0 aliphatic carbocycles. The van der Waals surface area contributed by atoms with E-state index >= 15 is 0 Å². The van der Waals surface area contributed by atoms with Gasteiger partial charge in [-0.05, 0) is 0 Å². The van der Waals surface area contributed by atoms with Crippen LogP contribution in [0, 0.1) is 0 Å². The zero-order chi connectivity index (χ0) is 6.00. The molecular weight excluding hydrogens is 144 g/mol. The zero-order valence-electron chi connectivity index (χ0n) is 6.00. The van der Waals surface area contributed by atoms with Crippen LogP contribution in [0.15, 0.2) is 0 Å². The largest absolute Gasteiger partial charge is 0.0776 e. The van der Waals surface area contributed by atoms with Crippen LogP contribution >= 0.6 is 0 Å². The van der Waals surface area contributed by atoms with Gasteiger partial charge in [-0.2, -0.15) is 0 Å². The molecule has 0 radical (unpaired) electrons. The highest BCUT2D eigenvalue weighted by molar-refractivity contribution is 3.51. The molecule has 0 amide bonds. The van der Waals surface area contributed by atoms with Crippen LogP contribution < -0.4 is 0 Å². The lowest BCUT2D eigenvalue weighted by Crippen LogP contribution is -0.856. The minimum atomic E-state index is 0. The van der Waals surface area contributed by atoms with E-state index < -0.39 is 0 Å². The van der Waals surface area contributed by atoms with Crippen molar-refractivity contribution in [2.75, 3.05) is 0 Å². The lowest BCUT2D eigenvalue weighted by Gasteiger charge is -1.07. The molecule has 0 saturated heterocycles. The van der Waals surface area contributed by atoms with E-state index in [-0.39, 0.29) is 44.6 Å². The quantitative estimate of drug-likeness (QED) is 0.386. The Labute approximate surface area is 86.8 Å². The summed E-state index contributed by atoms with van der Waals surface area (Å²) < 4.78 is 0.